The van der Waals surface area contributed by atoms with Crippen molar-refractivity contribution in [1.82, 2.24) is 0 Å². The molecule has 0 spiro atoms. The molecule has 0 radical (unpaired) electrons. The van der Waals surface area contributed by atoms with Gasteiger partial charge in [-0.2, -0.15) is 8.42 Å². The van der Waals surface area contributed by atoms with Crippen LogP contribution in [-0.2, 0) is 57.5 Å². The molecule has 0 aliphatic heterocycles. The molecular formula is C45H63NO17S. The van der Waals surface area contributed by atoms with E-state index in [1.807, 2.05) is 0 Å². The number of hydrogen-bond acceptors (Lipinski definition) is 16. The van der Waals surface area contributed by atoms with Crippen LogP contribution in [0.3, 0.4) is 0 Å². The van der Waals surface area contributed by atoms with Crippen molar-refractivity contribution in [3.8, 4) is 11.5 Å². The van der Waals surface area contributed by atoms with E-state index >= 15 is 0 Å². The normalized spacial score (nSPS) is 14.3. The van der Waals surface area contributed by atoms with Crippen LogP contribution in [-0.4, -0.2) is 168 Å². The molecule has 3 rings (SSSR count). The molecule has 0 heterocycles. The third-order valence-electron chi connectivity index (χ3n) is 9.21. The first-order valence-electron chi connectivity index (χ1n) is 20.6. The van der Waals surface area contributed by atoms with Crippen LogP contribution in [0.25, 0.3) is 5.57 Å². The molecule has 0 aromatic heterocycles. The monoisotopic (exact) mass is 921 g/mol. The van der Waals surface area contributed by atoms with Gasteiger partial charge in [0.25, 0.3) is 10.1 Å². The lowest BCUT2D eigenvalue weighted by Gasteiger charge is -2.24. The van der Waals surface area contributed by atoms with Crippen LogP contribution in [0.1, 0.15) is 39.0 Å². The molecule has 0 fully saturated rings. The minimum Gasteiger partial charge on any atom is -0.486 e. The molecule has 64 heavy (non-hydrogen) atoms. The Labute approximate surface area is 375 Å². The maximum absolute atomic E-state index is 14.9. The summed E-state index contributed by atoms with van der Waals surface area (Å²) in [5, 5.41) is 9.70. The largest absolute Gasteiger partial charge is 0.486 e. The molecular weight excluding hydrogens is 859 g/mol. The average Bonchev–Trinajstić information content (AvgIpc) is 3.25. The number of aliphatic imine (C=N–C) groups is 1. The summed E-state index contributed by atoms with van der Waals surface area (Å²) in [5.74, 6) is -1.68. The fourth-order valence-corrected chi connectivity index (χ4v) is 6.60. The Morgan fingerprint density at radius 3 is 1.69 bits per heavy atom. The van der Waals surface area contributed by atoms with Crippen molar-refractivity contribution >= 4 is 33.3 Å². The first-order chi connectivity index (χ1) is 30.7. The van der Waals surface area contributed by atoms with Gasteiger partial charge in [0.15, 0.2) is 0 Å². The molecule has 1 aliphatic carbocycles. The number of rotatable bonds is 32. The van der Waals surface area contributed by atoms with Gasteiger partial charge in [-0.25, -0.2) is 9.59 Å². The van der Waals surface area contributed by atoms with Gasteiger partial charge in [0.05, 0.1) is 102 Å². The third kappa shape index (κ3) is 19.3. The van der Waals surface area contributed by atoms with Gasteiger partial charge in [-0.15, -0.1) is 0 Å². The summed E-state index contributed by atoms with van der Waals surface area (Å²) < 4.78 is 95.4. The Balaban J connectivity index is 2.27. The topological polar surface area (TPSA) is 223 Å². The van der Waals surface area contributed by atoms with Crippen LogP contribution in [0.2, 0.25) is 0 Å². The molecule has 0 atom stereocenters. The molecule has 18 nitrogen and oxygen atoms in total. The minimum atomic E-state index is -4.27. The number of aryl methyl sites for hydroxylation is 3. The Hall–Kier alpha value is -4.54. The van der Waals surface area contributed by atoms with E-state index in [1.165, 1.54) is 12.1 Å². The average molecular weight is 922 g/mol. The summed E-state index contributed by atoms with van der Waals surface area (Å²) in [4.78, 5) is 31.5. The van der Waals surface area contributed by atoms with Crippen molar-refractivity contribution in [1.29, 1.82) is 0 Å². The summed E-state index contributed by atoms with van der Waals surface area (Å²) >= 11 is 0. The maximum atomic E-state index is 14.9. The second kappa shape index (κ2) is 29.1. The van der Waals surface area contributed by atoms with Gasteiger partial charge in [0.2, 0.25) is 0 Å². The van der Waals surface area contributed by atoms with Crippen LogP contribution in [0.5, 0.6) is 11.5 Å². The van der Waals surface area contributed by atoms with Gasteiger partial charge in [0.1, 0.15) is 29.5 Å². The van der Waals surface area contributed by atoms with E-state index in [-0.39, 0.29) is 67.6 Å². The number of ether oxygens (including phenoxy) is 11. The van der Waals surface area contributed by atoms with Crippen molar-refractivity contribution < 1.29 is 79.8 Å². The Morgan fingerprint density at radius 2 is 1.20 bits per heavy atom. The zero-order valence-electron chi connectivity index (χ0n) is 37.8. The van der Waals surface area contributed by atoms with Gasteiger partial charge < -0.3 is 57.2 Å². The fourth-order valence-electron chi connectivity index (χ4n) is 6.11. The highest BCUT2D eigenvalue weighted by atomic mass is 32.2. The number of carbonyl (C=O) groups is 2. The highest BCUT2D eigenvalue weighted by Gasteiger charge is 2.28. The minimum absolute atomic E-state index is 0.0209. The standard InChI is InChI=1S/C45H63NO17S/c1-31-9-10-35(61-37(27-57-18-14-53-4)28-58-19-15-54-5)25-39(31)42(45(49)63-43-32(2)23-34(44(47)48)24-33(43)3)40-26-36(11-12-41(40)46-13-8-22-64(50,51)52)62-38(29-59-20-16-55-6)30-60-21-17-56-7/h9-12,23-26,37-38H,8,13-22,27-30H2,1-7H3,(H,47,48)(H,50,51,52)/b42-40+,46-41+. The zero-order valence-corrected chi connectivity index (χ0v) is 38.6. The Kier molecular flexibility index (Phi) is 24.4. The fraction of sp³-hybridized carbons (Fsp3) is 0.533. The molecule has 0 saturated carbocycles. The van der Waals surface area contributed by atoms with Crippen molar-refractivity contribution in [2.45, 2.75) is 39.4 Å². The molecule has 356 valence electrons. The summed E-state index contributed by atoms with van der Waals surface area (Å²) in [5.41, 5.74) is 2.39. The molecule has 0 bridgehead atoms. The molecule has 2 aromatic rings. The van der Waals surface area contributed by atoms with E-state index < -0.39 is 40.0 Å². The number of aromatic carboxylic acids is 1. The van der Waals surface area contributed by atoms with Crippen molar-refractivity contribution in [2.75, 3.05) is 120 Å². The number of carbonyl (C=O) groups excluding carboxylic acids is 1. The number of nitrogens with zero attached hydrogens (tertiary/aromatic N) is 1. The maximum Gasteiger partial charge on any atom is 0.344 e. The predicted molar refractivity (Wildman–Crippen MR) is 237 cm³/mol. The van der Waals surface area contributed by atoms with Crippen molar-refractivity contribution in [2.24, 2.45) is 4.99 Å². The first kappa shape index (κ1) is 53.8. The molecule has 19 heteroatoms. The lowest BCUT2D eigenvalue weighted by Crippen LogP contribution is -2.30. The van der Waals surface area contributed by atoms with Crippen molar-refractivity contribution in [3.63, 3.8) is 0 Å². The summed E-state index contributed by atoms with van der Waals surface area (Å²) in [6.07, 6.45) is 3.66. The molecule has 0 unspecified atom stereocenters. The van der Waals surface area contributed by atoms with Gasteiger partial charge >= 0.3 is 11.9 Å². The van der Waals surface area contributed by atoms with E-state index in [9.17, 15) is 27.7 Å². The third-order valence-corrected chi connectivity index (χ3v) is 10.0. The van der Waals surface area contributed by atoms with Crippen LogP contribution in [0, 0.1) is 20.8 Å². The van der Waals surface area contributed by atoms with Crippen LogP contribution < -0.4 is 9.47 Å². The number of esters is 1. The number of methoxy groups -OCH3 is 4. The van der Waals surface area contributed by atoms with Gasteiger partial charge in [-0.3, -0.25) is 9.55 Å². The highest BCUT2D eigenvalue weighted by molar-refractivity contribution is 7.85. The predicted octanol–water partition coefficient (Wildman–Crippen LogP) is 4.63. The Morgan fingerprint density at radius 1 is 0.688 bits per heavy atom. The van der Waals surface area contributed by atoms with Crippen LogP contribution >= 0.6 is 0 Å². The van der Waals surface area contributed by atoms with E-state index in [4.69, 9.17) is 52.1 Å². The second-order valence-corrected chi connectivity index (χ2v) is 16.0. The zero-order chi connectivity index (χ0) is 46.9. The SMILES string of the molecule is COCCOCC(COCCOC)OC1=CC(=C(\C(=O)Oc2c(C)cc(C(=O)O)cc2C)c2cc(OC(COCCOC)COCCOC)ccc2C)/C(=N/CCCS(=O)(=O)O)C=C1. The van der Waals surface area contributed by atoms with Crippen LogP contribution in [0.4, 0.5) is 0 Å². The van der Waals surface area contributed by atoms with E-state index in [0.717, 1.165) is 0 Å². The van der Waals surface area contributed by atoms with E-state index in [1.54, 1.807) is 85.6 Å². The number of allylic oxidation sites excluding steroid dienone is 4. The first-order valence-corrected chi connectivity index (χ1v) is 22.2. The number of carboxylic acids is 1. The van der Waals surface area contributed by atoms with Crippen molar-refractivity contribution in [3.05, 3.63) is 87.7 Å². The number of hydrogen-bond donors (Lipinski definition) is 2. The van der Waals surface area contributed by atoms with Crippen LogP contribution in [0.15, 0.2) is 64.9 Å². The van der Waals surface area contributed by atoms with Gasteiger partial charge in [-0.1, -0.05) is 6.07 Å². The molecule has 2 N–H and O–H groups in total. The highest BCUT2D eigenvalue weighted by Crippen LogP contribution is 2.34. The van der Waals surface area contributed by atoms with Gasteiger partial charge in [-0.05, 0) is 91.9 Å². The smallest absolute Gasteiger partial charge is 0.344 e. The summed E-state index contributed by atoms with van der Waals surface area (Å²) in [6.45, 7) is 8.30. The molecule has 0 amide bonds. The number of benzene rings is 2. The molecule has 0 saturated heterocycles. The van der Waals surface area contributed by atoms with E-state index in [2.05, 4.69) is 4.99 Å². The number of carboxylic acid groups (broad SMARTS) is 1. The van der Waals surface area contributed by atoms with Gasteiger partial charge in [0, 0.05) is 40.6 Å². The molecule has 1 aliphatic rings. The Bertz CT molecular complexity index is 1980. The van der Waals surface area contributed by atoms with E-state index in [0.29, 0.717) is 86.6 Å². The summed E-state index contributed by atoms with van der Waals surface area (Å²) in [6, 6.07) is 8.03. The molecule has 2 aromatic carbocycles. The lowest BCUT2D eigenvalue weighted by molar-refractivity contribution is -0.128. The summed E-state index contributed by atoms with van der Waals surface area (Å²) in [7, 11) is 2.00. The lowest BCUT2D eigenvalue weighted by atomic mass is 9.90. The quantitative estimate of drug-likeness (QED) is 0.0336. The second-order valence-electron chi connectivity index (χ2n) is 14.4.